The van der Waals surface area contributed by atoms with E-state index in [1.54, 1.807) is 0 Å². The fourth-order valence-electron chi connectivity index (χ4n) is 4.54. The lowest BCUT2D eigenvalue weighted by atomic mass is 9.96. The average molecular weight is 423 g/mol. The number of aliphatic imine (C=N–C) groups is 1. The molecule has 0 unspecified atom stereocenters. The van der Waals surface area contributed by atoms with Crippen molar-refractivity contribution in [3.8, 4) is 5.69 Å². The van der Waals surface area contributed by atoms with Crippen molar-refractivity contribution in [2.45, 2.75) is 38.1 Å². The molecule has 4 heterocycles. The van der Waals surface area contributed by atoms with E-state index in [-0.39, 0.29) is 12.1 Å². The summed E-state index contributed by atoms with van der Waals surface area (Å²) >= 11 is 8.41. The van der Waals surface area contributed by atoms with Crippen molar-refractivity contribution in [2.24, 2.45) is 4.99 Å². The van der Waals surface area contributed by atoms with Crippen LogP contribution in [0.2, 0.25) is 5.02 Å². The highest BCUT2D eigenvalue weighted by Crippen LogP contribution is 2.49. The van der Waals surface area contributed by atoms with Crippen molar-refractivity contribution in [1.29, 1.82) is 0 Å². The molecular weight excluding hydrogens is 400 g/mol. The summed E-state index contributed by atoms with van der Waals surface area (Å²) in [7, 11) is 0. The van der Waals surface area contributed by atoms with Crippen LogP contribution in [0.1, 0.15) is 41.7 Å². The Labute approximate surface area is 180 Å². The quantitative estimate of drug-likeness (QED) is 0.540. The molecular formula is C23H23ClN4S. The van der Waals surface area contributed by atoms with E-state index in [2.05, 4.69) is 53.4 Å². The van der Waals surface area contributed by atoms with Crippen molar-refractivity contribution in [3.05, 3.63) is 82.4 Å². The highest BCUT2D eigenvalue weighted by atomic mass is 35.5. The summed E-state index contributed by atoms with van der Waals surface area (Å²) in [5, 5.41) is 2.45. The van der Waals surface area contributed by atoms with Crippen LogP contribution in [-0.2, 0) is 0 Å². The van der Waals surface area contributed by atoms with Crippen molar-refractivity contribution < 1.29 is 0 Å². The summed E-state index contributed by atoms with van der Waals surface area (Å²) in [5.74, 6) is 0. The maximum atomic E-state index is 6.54. The average Bonchev–Trinajstić information content (AvgIpc) is 3.33. The molecule has 5 rings (SSSR count). The molecule has 0 amide bonds. The first-order chi connectivity index (χ1) is 14.0. The fourth-order valence-corrected chi connectivity index (χ4v) is 5.86. The van der Waals surface area contributed by atoms with Gasteiger partial charge in [0.15, 0.2) is 5.17 Å². The number of fused-ring (bicyclic) bond motifs is 1. The fraction of sp³-hybridized carbons (Fsp3) is 0.304. The highest BCUT2D eigenvalue weighted by Gasteiger charge is 2.44. The van der Waals surface area contributed by atoms with Crippen LogP contribution in [0.15, 0.2) is 59.7 Å². The van der Waals surface area contributed by atoms with Gasteiger partial charge >= 0.3 is 0 Å². The molecule has 29 heavy (non-hydrogen) atoms. The number of rotatable bonds is 3. The Morgan fingerprint density at radius 2 is 1.90 bits per heavy atom. The molecule has 1 aromatic carbocycles. The predicted molar refractivity (Wildman–Crippen MR) is 121 cm³/mol. The van der Waals surface area contributed by atoms with E-state index in [0.29, 0.717) is 5.25 Å². The van der Waals surface area contributed by atoms with Crippen molar-refractivity contribution >= 4 is 28.5 Å². The van der Waals surface area contributed by atoms with E-state index in [4.69, 9.17) is 16.6 Å². The van der Waals surface area contributed by atoms with Gasteiger partial charge in [0.1, 0.15) is 6.04 Å². The van der Waals surface area contributed by atoms with E-state index in [0.717, 1.165) is 28.1 Å². The molecule has 0 N–H and O–H groups in total. The van der Waals surface area contributed by atoms with Gasteiger partial charge < -0.3 is 9.47 Å². The standard InChI is InChI=1S/C23H23ClN4S/c1-14-12-17(16(3)28(14)20-10-5-4-8-18(20)24)22-21(19-9-6-7-11-25-19)26-23-27(22)13-15(2)29-23/h4-12,15,21-22H,13H2,1-3H3/t15-,21+,22-/m0/s1. The summed E-state index contributed by atoms with van der Waals surface area (Å²) in [6.45, 7) is 7.61. The maximum Gasteiger partial charge on any atom is 0.160 e. The van der Waals surface area contributed by atoms with Crippen LogP contribution in [0.3, 0.4) is 0 Å². The number of aromatic nitrogens is 2. The van der Waals surface area contributed by atoms with Gasteiger partial charge in [-0.3, -0.25) is 9.98 Å². The number of thioether (sulfide) groups is 1. The molecule has 1 saturated heterocycles. The van der Waals surface area contributed by atoms with E-state index in [1.807, 2.05) is 48.3 Å². The zero-order valence-electron chi connectivity index (χ0n) is 16.7. The molecule has 2 aliphatic rings. The second-order valence-corrected chi connectivity index (χ2v) is 9.56. The third-order valence-electron chi connectivity index (χ3n) is 5.76. The first-order valence-electron chi connectivity index (χ1n) is 9.90. The molecule has 3 atom stereocenters. The molecule has 148 valence electrons. The minimum atomic E-state index is 0.00592. The number of para-hydroxylation sites is 1. The third kappa shape index (κ3) is 3.08. The van der Waals surface area contributed by atoms with Gasteiger partial charge in [0.25, 0.3) is 0 Å². The number of halogens is 1. The van der Waals surface area contributed by atoms with Gasteiger partial charge in [-0.05, 0) is 49.7 Å². The van der Waals surface area contributed by atoms with E-state index >= 15 is 0 Å². The Morgan fingerprint density at radius 1 is 1.10 bits per heavy atom. The first kappa shape index (κ1) is 18.8. The summed E-state index contributed by atoms with van der Waals surface area (Å²) in [4.78, 5) is 12.2. The van der Waals surface area contributed by atoms with E-state index in [9.17, 15) is 0 Å². The molecule has 0 spiro atoms. The molecule has 0 saturated carbocycles. The Morgan fingerprint density at radius 3 is 2.66 bits per heavy atom. The lowest BCUT2D eigenvalue weighted by Crippen LogP contribution is -2.28. The summed E-state index contributed by atoms with van der Waals surface area (Å²) < 4.78 is 2.26. The molecule has 2 aliphatic heterocycles. The van der Waals surface area contributed by atoms with E-state index < -0.39 is 0 Å². The molecule has 0 aliphatic carbocycles. The predicted octanol–water partition coefficient (Wildman–Crippen LogP) is 5.73. The number of pyridine rings is 1. The Bertz CT molecular complexity index is 1090. The summed E-state index contributed by atoms with van der Waals surface area (Å²) in [6.07, 6.45) is 1.86. The Balaban J connectivity index is 1.64. The van der Waals surface area contributed by atoms with Gasteiger partial charge in [-0.2, -0.15) is 0 Å². The van der Waals surface area contributed by atoms with Crippen LogP contribution >= 0.6 is 23.4 Å². The first-order valence-corrected chi connectivity index (χ1v) is 11.2. The molecule has 6 heteroatoms. The van der Waals surface area contributed by atoms with Crippen LogP contribution < -0.4 is 0 Å². The van der Waals surface area contributed by atoms with Crippen LogP contribution in [0.4, 0.5) is 0 Å². The number of aryl methyl sites for hydroxylation is 1. The van der Waals surface area contributed by atoms with Crippen LogP contribution in [0.5, 0.6) is 0 Å². The van der Waals surface area contributed by atoms with Gasteiger partial charge in [-0.1, -0.05) is 48.5 Å². The number of amidine groups is 1. The molecule has 0 radical (unpaired) electrons. The maximum absolute atomic E-state index is 6.54. The van der Waals surface area contributed by atoms with Crippen molar-refractivity contribution in [1.82, 2.24) is 14.5 Å². The van der Waals surface area contributed by atoms with Crippen LogP contribution in [0.25, 0.3) is 5.69 Å². The minimum absolute atomic E-state index is 0.00592. The molecule has 1 fully saturated rings. The van der Waals surface area contributed by atoms with Crippen LogP contribution in [-0.4, -0.2) is 31.4 Å². The van der Waals surface area contributed by atoms with Gasteiger partial charge in [0.05, 0.1) is 22.4 Å². The van der Waals surface area contributed by atoms with Gasteiger partial charge in [0, 0.05) is 29.4 Å². The second kappa shape index (κ2) is 7.22. The smallest absolute Gasteiger partial charge is 0.160 e. The van der Waals surface area contributed by atoms with Gasteiger partial charge in [0.2, 0.25) is 0 Å². The largest absolute Gasteiger partial charge is 0.341 e. The lowest BCUT2D eigenvalue weighted by molar-refractivity contribution is 0.320. The molecule has 4 nitrogen and oxygen atoms in total. The van der Waals surface area contributed by atoms with Gasteiger partial charge in [-0.15, -0.1) is 0 Å². The Kier molecular flexibility index (Phi) is 4.67. The highest BCUT2D eigenvalue weighted by molar-refractivity contribution is 8.14. The number of hydrogen-bond acceptors (Lipinski definition) is 4. The Hall–Kier alpha value is -2.24. The third-order valence-corrected chi connectivity index (χ3v) is 7.19. The number of hydrogen-bond donors (Lipinski definition) is 0. The number of nitrogens with zero attached hydrogens (tertiary/aromatic N) is 4. The zero-order valence-corrected chi connectivity index (χ0v) is 18.3. The normalized spacial score (nSPS) is 23.4. The van der Waals surface area contributed by atoms with E-state index in [1.165, 1.54) is 17.0 Å². The monoisotopic (exact) mass is 422 g/mol. The van der Waals surface area contributed by atoms with Crippen LogP contribution in [0, 0.1) is 13.8 Å². The zero-order chi connectivity index (χ0) is 20.1. The summed E-state index contributed by atoms with van der Waals surface area (Å²) in [5.41, 5.74) is 5.73. The summed E-state index contributed by atoms with van der Waals surface area (Å²) in [6, 6.07) is 16.6. The lowest BCUT2D eigenvalue weighted by Gasteiger charge is -2.27. The van der Waals surface area contributed by atoms with Gasteiger partial charge in [-0.25, -0.2) is 0 Å². The molecule has 0 bridgehead atoms. The topological polar surface area (TPSA) is 33.4 Å². The SMILES string of the molecule is Cc1cc([C@H]2[C@@H](c3ccccn3)N=C3S[C@@H](C)CN32)c(C)n1-c1ccccc1Cl. The molecule has 3 aromatic rings. The second-order valence-electron chi connectivity index (χ2n) is 7.75. The molecule has 2 aromatic heterocycles. The van der Waals surface area contributed by atoms with Crippen molar-refractivity contribution in [3.63, 3.8) is 0 Å². The minimum Gasteiger partial charge on any atom is -0.341 e. The number of benzene rings is 1. The van der Waals surface area contributed by atoms with Crippen molar-refractivity contribution in [2.75, 3.05) is 6.54 Å².